The third kappa shape index (κ3) is 2.53. The molecule has 1 unspecified atom stereocenters. The van der Waals surface area contributed by atoms with E-state index in [1.54, 1.807) is 22.6 Å². The predicted molar refractivity (Wildman–Crippen MR) is 51.2 cm³/mol. The Morgan fingerprint density at radius 1 is 1.75 bits per heavy atom. The third-order valence-electron chi connectivity index (χ3n) is 1.59. The highest BCUT2D eigenvalue weighted by molar-refractivity contribution is 7.99. The Kier molecular flexibility index (Phi) is 3.62. The second kappa shape index (κ2) is 4.52. The molecule has 12 heavy (non-hydrogen) atoms. The van der Waals surface area contributed by atoms with E-state index in [0.717, 1.165) is 17.1 Å². The van der Waals surface area contributed by atoms with Gasteiger partial charge < -0.3 is 5.11 Å². The van der Waals surface area contributed by atoms with Crippen molar-refractivity contribution < 1.29 is 5.11 Å². The summed E-state index contributed by atoms with van der Waals surface area (Å²) in [6, 6.07) is 0. The average Bonchev–Trinajstić information content (AvgIpc) is 2.47. The van der Waals surface area contributed by atoms with Crippen LogP contribution in [0.15, 0.2) is 12.4 Å². The van der Waals surface area contributed by atoms with Crippen molar-refractivity contribution in [3.63, 3.8) is 0 Å². The molecule has 0 saturated carbocycles. The van der Waals surface area contributed by atoms with Gasteiger partial charge in [0.2, 0.25) is 0 Å². The van der Waals surface area contributed by atoms with Gasteiger partial charge in [0.25, 0.3) is 0 Å². The predicted octanol–water partition coefficient (Wildman–Crippen LogP) is 1.21. The first kappa shape index (κ1) is 9.61. The van der Waals surface area contributed by atoms with Gasteiger partial charge in [-0.3, -0.25) is 4.68 Å². The first-order valence-electron chi connectivity index (χ1n) is 3.98. The molecule has 0 saturated heterocycles. The Labute approximate surface area is 76.8 Å². The summed E-state index contributed by atoms with van der Waals surface area (Å²) in [5.41, 5.74) is 0.901. The summed E-state index contributed by atoms with van der Waals surface area (Å²) in [5.74, 6) is 1.79. The van der Waals surface area contributed by atoms with Crippen molar-refractivity contribution in [3.8, 4) is 0 Å². The van der Waals surface area contributed by atoms with E-state index in [1.807, 2.05) is 13.2 Å². The maximum atomic E-state index is 9.59. The Bertz CT molecular complexity index is 237. The summed E-state index contributed by atoms with van der Waals surface area (Å²) < 4.78 is 1.70. The number of aromatic nitrogens is 2. The lowest BCUT2D eigenvalue weighted by Crippen LogP contribution is -1.99. The van der Waals surface area contributed by atoms with Crippen LogP contribution in [0.1, 0.15) is 18.6 Å². The highest BCUT2D eigenvalue weighted by Gasteiger charge is 2.08. The minimum Gasteiger partial charge on any atom is -0.387 e. The van der Waals surface area contributed by atoms with E-state index in [1.165, 1.54) is 0 Å². The van der Waals surface area contributed by atoms with Gasteiger partial charge in [0.05, 0.1) is 12.3 Å². The number of rotatable bonds is 4. The van der Waals surface area contributed by atoms with E-state index >= 15 is 0 Å². The molecule has 0 aliphatic heterocycles. The quantitative estimate of drug-likeness (QED) is 0.768. The zero-order valence-corrected chi connectivity index (χ0v) is 8.21. The first-order chi connectivity index (χ1) is 5.74. The van der Waals surface area contributed by atoms with Crippen LogP contribution < -0.4 is 0 Å². The lowest BCUT2D eigenvalue weighted by Gasteiger charge is -2.05. The molecule has 0 radical (unpaired) electrons. The van der Waals surface area contributed by atoms with Crippen LogP contribution in [0.3, 0.4) is 0 Å². The molecule has 1 atom stereocenters. The fraction of sp³-hybridized carbons (Fsp3) is 0.625. The van der Waals surface area contributed by atoms with Crippen molar-refractivity contribution in [1.29, 1.82) is 0 Å². The highest BCUT2D eigenvalue weighted by Crippen LogP contribution is 2.16. The lowest BCUT2D eigenvalue weighted by atomic mass is 10.2. The summed E-state index contributed by atoms with van der Waals surface area (Å²) in [6.45, 7) is 2.08. The minimum absolute atomic E-state index is 0.372. The van der Waals surface area contributed by atoms with E-state index in [9.17, 15) is 5.11 Å². The number of hydrogen-bond donors (Lipinski definition) is 1. The van der Waals surface area contributed by atoms with Crippen LogP contribution in [-0.4, -0.2) is 26.4 Å². The van der Waals surface area contributed by atoms with Gasteiger partial charge in [-0.25, -0.2) is 0 Å². The maximum Gasteiger partial charge on any atom is 0.0910 e. The third-order valence-corrected chi connectivity index (χ3v) is 2.55. The molecular weight excluding hydrogens is 172 g/mol. The number of nitrogens with zero attached hydrogens (tertiary/aromatic N) is 2. The molecule has 68 valence electrons. The van der Waals surface area contributed by atoms with Crippen LogP contribution in [0.5, 0.6) is 0 Å². The molecule has 1 aromatic rings. The van der Waals surface area contributed by atoms with Gasteiger partial charge in [-0.05, 0) is 5.75 Å². The monoisotopic (exact) mass is 186 g/mol. The van der Waals surface area contributed by atoms with Crippen LogP contribution >= 0.6 is 11.8 Å². The van der Waals surface area contributed by atoms with Crippen LogP contribution in [0.2, 0.25) is 0 Å². The van der Waals surface area contributed by atoms with Gasteiger partial charge in [0.1, 0.15) is 0 Å². The Morgan fingerprint density at radius 3 is 3.00 bits per heavy atom. The molecule has 0 aromatic carbocycles. The summed E-state index contributed by atoms with van der Waals surface area (Å²) in [6.07, 6.45) is 3.19. The highest BCUT2D eigenvalue weighted by atomic mass is 32.2. The number of hydrogen-bond acceptors (Lipinski definition) is 3. The molecule has 1 heterocycles. The fourth-order valence-corrected chi connectivity index (χ4v) is 1.59. The van der Waals surface area contributed by atoms with Gasteiger partial charge in [0, 0.05) is 24.6 Å². The fourth-order valence-electron chi connectivity index (χ4n) is 0.938. The normalized spacial score (nSPS) is 13.2. The Hall–Kier alpha value is -0.480. The Balaban J connectivity index is 2.47. The van der Waals surface area contributed by atoms with Crippen LogP contribution in [0.25, 0.3) is 0 Å². The molecule has 0 aliphatic carbocycles. The Morgan fingerprint density at radius 2 is 2.50 bits per heavy atom. The van der Waals surface area contributed by atoms with Gasteiger partial charge in [0.15, 0.2) is 0 Å². The van der Waals surface area contributed by atoms with Crippen molar-refractivity contribution in [3.05, 3.63) is 18.0 Å². The number of aliphatic hydroxyl groups is 1. The topological polar surface area (TPSA) is 38.1 Å². The second-order valence-electron chi connectivity index (χ2n) is 2.62. The van der Waals surface area contributed by atoms with Gasteiger partial charge in [-0.1, -0.05) is 6.92 Å². The first-order valence-corrected chi connectivity index (χ1v) is 5.14. The smallest absolute Gasteiger partial charge is 0.0910 e. The average molecular weight is 186 g/mol. The number of thioether (sulfide) groups is 1. The summed E-state index contributed by atoms with van der Waals surface area (Å²) in [5, 5.41) is 13.6. The molecule has 1 N–H and O–H groups in total. The van der Waals surface area contributed by atoms with Crippen molar-refractivity contribution in [1.82, 2.24) is 9.78 Å². The molecule has 0 bridgehead atoms. The standard InChI is InChI=1S/C8H14N2OS/c1-3-12-6-8(11)7-4-9-10(2)5-7/h4-5,8,11H,3,6H2,1-2H3. The van der Waals surface area contributed by atoms with Crippen LogP contribution in [0.4, 0.5) is 0 Å². The van der Waals surface area contributed by atoms with Crippen molar-refractivity contribution in [2.24, 2.45) is 7.05 Å². The molecule has 4 heteroatoms. The maximum absolute atomic E-state index is 9.59. The molecule has 0 amide bonds. The van der Waals surface area contributed by atoms with E-state index in [-0.39, 0.29) is 6.10 Å². The largest absolute Gasteiger partial charge is 0.387 e. The van der Waals surface area contributed by atoms with Gasteiger partial charge >= 0.3 is 0 Å². The number of aryl methyl sites for hydroxylation is 1. The molecule has 0 spiro atoms. The van der Waals surface area contributed by atoms with Crippen LogP contribution in [0, 0.1) is 0 Å². The van der Waals surface area contributed by atoms with E-state index < -0.39 is 0 Å². The van der Waals surface area contributed by atoms with E-state index in [0.29, 0.717) is 0 Å². The summed E-state index contributed by atoms with van der Waals surface area (Å²) in [4.78, 5) is 0. The van der Waals surface area contributed by atoms with Crippen molar-refractivity contribution in [2.45, 2.75) is 13.0 Å². The van der Waals surface area contributed by atoms with Crippen LogP contribution in [-0.2, 0) is 7.05 Å². The molecule has 3 nitrogen and oxygen atoms in total. The summed E-state index contributed by atoms with van der Waals surface area (Å²) in [7, 11) is 1.85. The van der Waals surface area contributed by atoms with Crippen molar-refractivity contribution in [2.75, 3.05) is 11.5 Å². The zero-order chi connectivity index (χ0) is 8.97. The zero-order valence-electron chi connectivity index (χ0n) is 7.40. The molecule has 1 aromatic heterocycles. The number of aliphatic hydroxyl groups excluding tert-OH is 1. The second-order valence-corrected chi connectivity index (χ2v) is 3.94. The van der Waals surface area contributed by atoms with E-state index in [4.69, 9.17) is 0 Å². The molecule has 1 rings (SSSR count). The van der Waals surface area contributed by atoms with Gasteiger partial charge in [-0.2, -0.15) is 16.9 Å². The lowest BCUT2D eigenvalue weighted by molar-refractivity contribution is 0.204. The minimum atomic E-state index is -0.372. The molecule has 0 aliphatic rings. The SMILES string of the molecule is CCSCC(O)c1cnn(C)c1. The van der Waals surface area contributed by atoms with Crippen molar-refractivity contribution >= 4 is 11.8 Å². The molecule has 0 fully saturated rings. The summed E-state index contributed by atoms with van der Waals surface area (Å²) >= 11 is 1.73. The van der Waals surface area contributed by atoms with Gasteiger partial charge in [-0.15, -0.1) is 0 Å². The van der Waals surface area contributed by atoms with E-state index in [2.05, 4.69) is 12.0 Å². The molecular formula is C8H14N2OS.